The number of nitrogens with one attached hydrogen (secondary N) is 1. The summed E-state index contributed by atoms with van der Waals surface area (Å²) >= 11 is 0. The van der Waals surface area contributed by atoms with Gasteiger partial charge >= 0.3 is 8.80 Å². The summed E-state index contributed by atoms with van der Waals surface area (Å²) < 4.78 is 17.1. The van der Waals surface area contributed by atoms with Crippen LogP contribution in [0, 0.1) is 0 Å². The second-order valence-corrected chi connectivity index (χ2v) is 7.14. The molecule has 0 saturated heterocycles. The zero-order valence-corrected chi connectivity index (χ0v) is 13.0. The van der Waals surface area contributed by atoms with Gasteiger partial charge in [0.1, 0.15) is 5.72 Å². The average Bonchev–Trinajstić information content (AvgIpc) is 2.28. The van der Waals surface area contributed by atoms with Gasteiger partial charge in [0.05, 0.1) is 0 Å². The second-order valence-electron chi connectivity index (χ2n) is 4.38. The molecular weight excluding hydrogens is 250 g/mol. The van der Waals surface area contributed by atoms with Gasteiger partial charge in [-0.15, -0.1) is 0 Å². The highest BCUT2D eigenvalue weighted by molar-refractivity contribution is 6.60. The highest BCUT2D eigenvalue weighted by Gasteiger charge is 2.44. The maximum Gasteiger partial charge on any atom is 0.502 e. The van der Waals surface area contributed by atoms with Crippen molar-refractivity contribution >= 4 is 14.7 Å². The van der Waals surface area contributed by atoms with Crippen LogP contribution in [-0.2, 0) is 18.1 Å². The van der Waals surface area contributed by atoms with E-state index in [1.165, 1.54) is 6.08 Å². The minimum absolute atomic E-state index is 0.285. The van der Waals surface area contributed by atoms with Crippen LogP contribution >= 0.6 is 0 Å². The van der Waals surface area contributed by atoms with E-state index in [2.05, 4.69) is 11.9 Å². The van der Waals surface area contributed by atoms with Crippen LogP contribution in [0.5, 0.6) is 0 Å². The van der Waals surface area contributed by atoms with E-state index in [1.54, 1.807) is 21.0 Å². The molecule has 0 saturated carbocycles. The Balaban J connectivity index is 4.82. The number of rotatable bonds is 9. The van der Waals surface area contributed by atoms with Crippen molar-refractivity contribution in [1.29, 1.82) is 0 Å². The van der Waals surface area contributed by atoms with Gasteiger partial charge in [0, 0.05) is 19.8 Å². The number of hydrogen-bond donors (Lipinski definition) is 1. The molecule has 106 valence electrons. The smallest absolute Gasteiger partial charge is 0.377 e. The first-order chi connectivity index (χ1) is 8.34. The van der Waals surface area contributed by atoms with Gasteiger partial charge in [-0.2, -0.15) is 0 Å². The molecule has 1 amide bonds. The number of carbonyl (C=O) groups excluding carboxylic acids is 1. The molecule has 0 aliphatic rings. The Kier molecular flexibility index (Phi) is 7.38. The third kappa shape index (κ3) is 5.77. The van der Waals surface area contributed by atoms with E-state index in [0.717, 1.165) is 6.42 Å². The lowest BCUT2D eigenvalue weighted by Crippen LogP contribution is -2.56. The molecule has 0 aromatic heterocycles. The number of amides is 1. The summed E-state index contributed by atoms with van der Waals surface area (Å²) in [5.41, 5.74) is -0.849. The van der Waals surface area contributed by atoms with E-state index in [4.69, 9.17) is 13.3 Å². The number of carbonyl (C=O) groups is 1. The summed E-state index contributed by atoms with van der Waals surface area (Å²) in [6.07, 6.45) is 2.10. The predicted octanol–water partition coefficient (Wildman–Crippen LogP) is 2.07. The van der Waals surface area contributed by atoms with Crippen molar-refractivity contribution in [3.8, 4) is 0 Å². The quantitative estimate of drug-likeness (QED) is 0.397. The van der Waals surface area contributed by atoms with Crippen molar-refractivity contribution in [2.24, 2.45) is 0 Å². The third-order valence-corrected chi connectivity index (χ3v) is 5.54. The van der Waals surface area contributed by atoms with Crippen LogP contribution in [0.25, 0.3) is 0 Å². The molecule has 0 spiro atoms. The Morgan fingerprint density at radius 3 is 2.44 bits per heavy atom. The molecular formula is C12H25NO4Si. The largest absolute Gasteiger partial charge is 0.502 e. The maximum absolute atomic E-state index is 11.3. The van der Waals surface area contributed by atoms with Crippen LogP contribution in [0.1, 0.15) is 34.1 Å². The predicted molar refractivity (Wildman–Crippen MR) is 73.0 cm³/mol. The SMILES string of the molecule is C=CC(=O)NC(C)(C)O[Si](CCC)(OC)OCC. The van der Waals surface area contributed by atoms with Crippen LogP contribution < -0.4 is 5.32 Å². The summed E-state index contributed by atoms with van der Waals surface area (Å²) in [5, 5.41) is 2.71. The van der Waals surface area contributed by atoms with Crippen molar-refractivity contribution < 1.29 is 18.1 Å². The summed E-state index contributed by atoms with van der Waals surface area (Å²) in [6, 6.07) is 0.713. The normalized spacial score (nSPS) is 14.9. The van der Waals surface area contributed by atoms with Crippen molar-refractivity contribution in [2.45, 2.75) is 45.9 Å². The van der Waals surface area contributed by atoms with Gasteiger partial charge in [-0.3, -0.25) is 4.79 Å². The van der Waals surface area contributed by atoms with Gasteiger partial charge in [0.15, 0.2) is 0 Å². The van der Waals surface area contributed by atoms with Crippen LogP contribution in [0.4, 0.5) is 0 Å². The molecule has 18 heavy (non-hydrogen) atoms. The molecule has 0 radical (unpaired) electrons. The Bertz CT molecular complexity index is 275. The highest BCUT2D eigenvalue weighted by atomic mass is 28.4. The molecule has 0 aliphatic carbocycles. The Hall–Kier alpha value is -0.693. The first-order valence-corrected chi connectivity index (χ1v) is 8.11. The van der Waals surface area contributed by atoms with Crippen molar-refractivity contribution in [2.75, 3.05) is 13.7 Å². The summed E-state index contributed by atoms with van der Waals surface area (Å²) in [7, 11) is -1.15. The third-order valence-electron chi connectivity index (χ3n) is 2.25. The van der Waals surface area contributed by atoms with Gasteiger partial charge in [0.25, 0.3) is 0 Å². The van der Waals surface area contributed by atoms with Gasteiger partial charge in [-0.1, -0.05) is 19.9 Å². The summed E-state index contributed by atoms with van der Waals surface area (Å²) in [4.78, 5) is 11.3. The highest BCUT2D eigenvalue weighted by Crippen LogP contribution is 2.22. The van der Waals surface area contributed by atoms with Crippen LogP contribution in [0.2, 0.25) is 6.04 Å². The van der Waals surface area contributed by atoms with Crippen LogP contribution in [0.3, 0.4) is 0 Å². The van der Waals surface area contributed by atoms with Crippen molar-refractivity contribution in [1.82, 2.24) is 5.32 Å². The molecule has 0 heterocycles. The lowest BCUT2D eigenvalue weighted by Gasteiger charge is -2.36. The van der Waals surface area contributed by atoms with E-state index in [-0.39, 0.29) is 5.91 Å². The zero-order chi connectivity index (χ0) is 14.2. The van der Waals surface area contributed by atoms with Crippen LogP contribution in [-0.4, -0.2) is 34.2 Å². The Morgan fingerprint density at radius 1 is 1.44 bits per heavy atom. The van der Waals surface area contributed by atoms with Gasteiger partial charge in [-0.05, 0) is 26.8 Å². The lowest BCUT2D eigenvalue weighted by molar-refractivity contribution is -0.123. The van der Waals surface area contributed by atoms with Crippen molar-refractivity contribution in [3.05, 3.63) is 12.7 Å². The zero-order valence-electron chi connectivity index (χ0n) is 12.0. The molecule has 0 aromatic carbocycles. The monoisotopic (exact) mass is 275 g/mol. The van der Waals surface area contributed by atoms with Gasteiger partial charge < -0.3 is 18.6 Å². The Labute approximate surface area is 111 Å². The van der Waals surface area contributed by atoms with E-state index < -0.39 is 14.5 Å². The molecule has 1 atom stereocenters. The molecule has 0 aromatic rings. The topological polar surface area (TPSA) is 56.8 Å². The van der Waals surface area contributed by atoms with E-state index in [9.17, 15) is 4.79 Å². The molecule has 5 nitrogen and oxygen atoms in total. The minimum atomic E-state index is -2.73. The first-order valence-electron chi connectivity index (χ1n) is 6.18. The maximum atomic E-state index is 11.3. The molecule has 6 heteroatoms. The molecule has 1 N–H and O–H groups in total. The first kappa shape index (κ1) is 17.3. The Morgan fingerprint density at radius 2 is 2.06 bits per heavy atom. The lowest BCUT2D eigenvalue weighted by atomic mass is 10.3. The molecule has 1 unspecified atom stereocenters. The van der Waals surface area contributed by atoms with E-state index in [1.807, 2.05) is 13.8 Å². The van der Waals surface area contributed by atoms with Gasteiger partial charge in [-0.25, -0.2) is 0 Å². The number of hydrogen-bond acceptors (Lipinski definition) is 4. The molecule has 0 aliphatic heterocycles. The molecule has 0 rings (SSSR count). The molecule has 0 fully saturated rings. The second kappa shape index (κ2) is 7.68. The van der Waals surface area contributed by atoms with Crippen molar-refractivity contribution in [3.63, 3.8) is 0 Å². The van der Waals surface area contributed by atoms with E-state index >= 15 is 0 Å². The van der Waals surface area contributed by atoms with E-state index in [0.29, 0.717) is 12.7 Å². The average molecular weight is 275 g/mol. The van der Waals surface area contributed by atoms with Gasteiger partial charge in [0.2, 0.25) is 5.91 Å². The fraction of sp³-hybridized carbons (Fsp3) is 0.750. The fourth-order valence-electron chi connectivity index (χ4n) is 1.64. The van der Waals surface area contributed by atoms with Crippen LogP contribution in [0.15, 0.2) is 12.7 Å². The molecule has 0 bridgehead atoms. The standard InChI is InChI=1S/C12H25NO4Si/c1-7-10-18(15-6,16-9-3)17-12(4,5)13-11(14)8-2/h8H,2,7,9-10H2,1,3-6H3,(H,13,14). The summed E-state index contributed by atoms with van der Waals surface area (Å²) in [6.45, 7) is 11.4. The summed E-state index contributed by atoms with van der Waals surface area (Å²) in [5.74, 6) is -0.285. The fourth-order valence-corrected chi connectivity index (χ4v) is 4.23. The minimum Gasteiger partial charge on any atom is -0.377 e.